The van der Waals surface area contributed by atoms with Crippen LogP contribution in [0.25, 0.3) is 5.69 Å². The van der Waals surface area contributed by atoms with E-state index in [0.29, 0.717) is 5.56 Å². The number of aryl methyl sites for hydroxylation is 2. The van der Waals surface area contributed by atoms with Crippen LogP contribution >= 0.6 is 0 Å². The minimum absolute atomic E-state index is 0.0163. The van der Waals surface area contributed by atoms with Gasteiger partial charge in [-0.3, -0.25) is 9.78 Å². The second-order valence-electron chi connectivity index (χ2n) is 6.45. The van der Waals surface area contributed by atoms with Gasteiger partial charge in [0.05, 0.1) is 23.1 Å². The van der Waals surface area contributed by atoms with Gasteiger partial charge < -0.3 is 4.90 Å². The van der Waals surface area contributed by atoms with Gasteiger partial charge in [0, 0.05) is 24.6 Å². The number of hydrogen-bond acceptors (Lipinski definition) is 3. The van der Waals surface area contributed by atoms with Gasteiger partial charge in [0.15, 0.2) is 0 Å². The average Bonchev–Trinajstić information content (AvgIpc) is 3.02. The van der Waals surface area contributed by atoms with Crippen LogP contribution in [0.2, 0.25) is 0 Å². The molecule has 25 heavy (non-hydrogen) atoms. The number of benzene rings is 1. The highest BCUT2D eigenvalue weighted by Gasteiger charge is 2.26. The van der Waals surface area contributed by atoms with Crippen LogP contribution < -0.4 is 4.90 Å². The molecule has 0 atom stereocenters. The van der Waals surface area contributed by atoms with E-state index < -0.39 is 0 Å². The molecule has 5 heteroatoms. The van der Waals surface area contributed by atoms with Gasteiger partial charge in [-0.15, -0.1) is 0 Å². The Balaban J connectivity index is 1.71. The van der Waals surface area contributed by atoms with Gasteiger partial charge in [0.1, 0.15) is 0 Å². The molecule has 126 valence electrons. The summed E-state index contributed by atoms with van der Waals surface area (Å²) in [5.74, 6) is 0.0163. The van der Waals surface area contributed by atoms with Crippen molar-refractivity contribution in [3.63, 3.8) is 0 Å². The molecule has 0 saturated heterocycles. The van der Waals surface area contributed by atoms with Crippen molar-refractivity contribution < 1.29 is 4.79 Å². The van der Waals surface area contributed by atoms with Crippen molar-refractivity contribution in [1.29, 1.82) is 0 Å². The van der Waals surface area contributed by atoms with Crippen LogP contribution in [-0.2, 0) is 6.42 Å². The van der Waals surface area contributed by atoms with Crippen LogP contribution in [0.5, 0.6) is 0 Å². The van der Waals surface area contributed by atoms with Crippen LogP contribution in [0.15, 0.2) is 48.9 Å². The zero-order valence-corrected chi connectivity index (χ0v) is 14.4. The molecule has 0 saturated carbocycles. The summed E-state index contributed by atoms with van der Waals surface area (Å²) < 4.78 is 1.79. The smallest absolute Gasteiger partial charge is 0.261 e. The van der Waals surface area contributed by atoms with Crippen LogP contribution in [-0.4, -0.2) is 27.2 Å². The molecule has 5 nitrogen and oxygen atoms in total. The summed E-state index contributed by atoms with van der Waals surface area (Å²) in [5, 5.41) is 4.41. The van der Waals surface area contributed by atoms with Crippen molar-refractivity contribution in [3.05, 3.63) is 71.3 Å². The summed E-state index contributed by atoms with van der Waals surface area (Å²) in [6, 6.07) is 10.1. The van der Waals surface area contributed by atoms with E-state index in [1.807, 2.05) is 24.0 Å². The lowest BCUT2D eigenvalue weighted by Gasteiger charge is -2.29. The molecule has 1 aliphatic rings. The van der Waals surface area contributed by atoms with Gasteiger partial charge in [-0.25, -0.2) is 4.68 Å². The molecule has 0 fully saturated rings. The molecule has 1 aromatic carbocycles. The second kappa shape index (κ2) is 6.16. The summed E-state index contributed by atoms with van der Waals surface area (Å²) in [6.45, 7) is 4.76. The Morgan fingerprint density at radius 3 is 2.72 bits per heavy atom. The van der Waals surface area contributed by atoms with Crippen LogP contribution in [0.1, 0.15) is 33.6 Å². The molecule has 0 aliphatic carbocycles. The van der Waals surface area contributed by atoms with Crippen molar-refractivity contribution in [1.82, 2.24) is 14.8 Å². The first-order valence-corrected chi connectivity index (χ1v) is 8.51. The summed E-state index contributed by atoms with van der Waals surface area (Å²) in [6.07, 6.45) is 7.12. The lowest BCUT2D eigenvalue weighted by Crippen LogP contribution is -2.35. The first-order chi connectivity index (χ1) is 12.1. The third-order valence-electron chi connectivity index (χ3n) is 4.75. The predicted octanol–water partition coefficient (Wildman–Crippen LogP) is 3.48. The predicted molar refractivity (Wildman–Crippen MR) is 97.3 cm³/mol. The van der Waals surface area contributed by atoms with Crippen molar-refractivity contribution in [2.75, 3.05) is 11.4 Å². The first-order valence-electron chi connectivity index (χ1n) is 8.51. The van der Waals surface area contributed by atoms with E-state index in [9.17, 15) is 4.79 Å². The van der Waals surface area contributed by atoms with Crippen LogP contribution in [0.3, 0.4) is 0 Å². The number of anilines is 1. The number of nitrogens with zero attached hydrogens (tertiary/aromatic N) is 4. The Labute approximate surface area is 146 Å². The standard InChI is InChI=1S/C20H20N4O/c1-14-5-6-19-16(12-14)4-3-11-23(19)20(25)18-13-22-24(15(18)2)17-7-9-21-10-8-17/h5-10,12-13H,3-4,11H2,1-2H3. The van der Waals surface area contributed by atoms with Crippen molar-refractivity contribution >= 4 is 11.6 Å². The zero-order chi connectivity index (χ0) is 17.4. The number of amides is 1. The van der Waals surface area contributed by atoms with E-state index in [-0.39, 0.29) is 5.91 Å². The second-order valence-corrected chi connectivity index (χ2v) is 6.45. The maximum atomic E-state index is 13.2. The van der Waals surface area contributed by atoms with E-state index in [4.69, 9.17) is 0 Å². The van der Waals surface area contributed by atoms with Gasteiger partial charge in [0.2, 0.25) is 0 Å². The topological polar surface area (TPSA) is 51.0 Å². The first kappa shape index (κ1) is 15.6. The number of rotatable bonds is 2. The highest BCUT2D eigenvalue weighted by molar-refractivity contribution is 6.07. The molecular formula is C20H20N4O. The Kier molecular flexibility index (Phi) is 3.84. The Hall–Kier alpha value is -2.95. The highest BCUT2D eigenvalue weighted by Crippen LogP contribution is 2.30. The molecule has 0 unspecified atom stereocenters. The van der Waals surface area contributed by atoms with Crippen molar-refractivity contribution in [2.45, 2.75) is 26.7 Å². The molecule has 0 radical (unpaired) electrons. The molecule has 3 aromatic rings. The third-order valence-corrected chi connectivity index (χ3v) is 4.75. The molecule has 0 spiro atoms. The fraction of sp³-hybridized carbons (Fsp3) is 0.250. The van der Waals surface area contributed by atoms with E-state index in [2.05, 4.69) is 35.2 Å². The average molecular weight is 332 g/mol. The molecule has 2 aromatic heterocycles. The molecule has 4 rings (SSSR count). The van der Waals surface area contributed by atoms with Gasteiger partial charge in [-0.2, -0.15) is 5.10 Å². The van der Waals surface area contributed by atoms with E-state index >= 15 is 0 Å². The summed E-state index contributed by atoms with van der Waals surface area (Å²) >= 11 is 0. The Bertz CT molecular complexity index is 930. The molecule has 0 bridgehead atoms. The van der Waals surface area contributed by atoms with Crippen molar-refractivity contribution in [3.8, 4) is 5.69 Å². The maximum absolute atomic E-state index is 13.2. The van der Waals surface area contributed by atoms with Gasteiger partial charge in [0.25, 0.3) is 5.91 Å². The minimum atomic E-state index is 0.0163. The lowest BCUT2D eigenvalue weighted by molar-refractivity contribution is 0.0984. The van der Waals surface area contributed by atoms with E-state index in [1.54, 1.807) is 23.3 Å². The molecule has 1 aliphatic heterocycles. The third kappa shape index (κ3) is 2.71. The fourth-order valence-corrected chi connectivity index (χ4v) is 3.45. The zero-order valence-electron chi connectivity index (χ0n) is 14.4. The van der Waals surface area contributed by atoms with E-state index in [1.165, 1.54) is 11.1 Å². The summed E-state index contributed by atoms with van der Waals surface area (Å²) in [5.41, 5.74) is 5.90. The quantitative estimate of drug-likeness (QED) is 0.722. The largest absolute Gasteiger partial charge is 0.308 e. The van der Waals surface area contributed by atoms with Gasteiger partial charge >= 0.3 is 0 Å². The van der Waals surface area contributed by atoms with E-state index in [0.717, 1.165) is 36.5 Å². The summed E-state index contributed by atoms with van der Waals surface area (Å²) in [7, 11) is 0. The minimum Gasteiger partial charge on any atom is -0.308 e. The van der Waals surface area contributed by atoms with Crippen LogP contribution in [0, 0.1) is 13.8 Å². The SMILES string of the molecule is Cc1ccc2c(c1)CCCN2C(=O)c1cnn(-c2ccncc2)c1C. The fourth-order valence-electron chi connectivity index (χ4n) is 3.45. The Morgan fingerprint density at radius 2 is 1.92 bits per heavy atom. The number of carbonyl (C=O) groups excluding carboxylic acids is 1. The van der Waals surface area contributed by atoms with Crippen molar-refractivity contribution in [2.24, 2.45) is 0 Å². The highest BCUT2D eigenvalue weighted by atomic mass is 16.2. The summed E-state index contributed by atoms with van der Waals surface area (Å²) in [4.78, 5) is 19.1. The maximum Gasteiger partial charge on any atom is 0.261 e. The Morgan fingerprint density at radius 1 is 1.12 bits per heavy atom. The lowest BCUT2D eigenvalue weighted by atomic mass is 9.99. The number of aromatic nitrogens is 3. The molecular weight excluding hydrogens is 312 g/mol. The number of hydrogen-bond donors (Lipinski definition) is 0. The van der Waals surface area contributed by atoms with Gasteiger partial charge in [-0.05, 0) is 50.5 Å². The number of fused-ring (bicyclic) bond motifs is 1. The normalized spacial score (nSPS) is 13.6. The monoisotopic (exact) mass is 332 g/mol. The number of pyridine rings is 1. The number of carbonyl (C=O) groups is 1. The van der Waals surface area contributed by atoms with Gasteiger partial charge in [-0.1, -0.05) is 17.7 Å². The molecule has 1 amide bonds. The van der Waals surface area contributed by atoms with Crippen LogP contribution in [0.4, 0.5) is 5.69 Å². The molecule has 0 N–H and O–H groups in total. The molecule has 3 heterocycles.